The minimum atomic E-state index is -1.22. The fraction of sp³-hybridized carbons (Fsp3) is 0.412. The summed E-state index contributed by atoms with van der Waals surface area (Å²) in [4.78, 5) is 43.0. The van der Waals surface area contributed by atoms with Crippen molar-refractivity contribution in [2.45, 2.75) is 40.3 Å². The molecule has 3 heterocycles. The number of carbonyl (C=O) groups is 2. The molecule has 1 N–H and O–H groups in total. The van der Waals surface area contributed by atoms with Crippen molar-refractivity contribution in [3.63, 3.8) is 0 Å². The molecular formula is C17H19N3O4S. The minimum absolute atomic E-state index is 0.0609. The van der Waals surface area contributed by atoms with Crippen molar-refractivity contribution in [2.24, 2.45) is 0 Å². The van der Waals surface area contributed by atoms with E-state index >= 15 is 0 Å². The number of amides is 1. The molecule has 0 saturated heterocycles. The van der Waals surface area contributed by atoms with Crippen LogP contribution in [0.3, 0.4) is 0 Å². The third kappa shape index (κ3) is 3.21. The van der Waals surface area contributed by atoms with E-state index in [1.807, 2.05) is 13.8 Å². The Morgan fingerprint density at radius 3 is 2.64 bits per heavy atom. The second-order valence-electron chi connectivity index (χ2n) is 6.18. The van der Waals surface area contributed by atoms with Crippen LogP contribution in [-0.4, -0.2) is 38.0 Å². The van der Waals surface area contributed by atoms with E-state index < -0.39 is 11.5 Å². The lowest BCUT2D eigenvalue weighted by Crippen LogP contribution is -2.38. The number of aromatic carboxylic acids is 1. The summed E-state index contributed by atoms with van der Waals surface area (Å²) in [7, 11) is 0. The average Bonchev–Trinajstić information content (AvgIpc) is 2.84. The quantitative estimate of drug-likeness (QED) is 0.896. The van der Waals surface area contributed by atoms with Gasteiger partial charge in [-0.3, -0.25) is 9.59 Å². The van der Waals surface area contributed by atoms with Crippen LogP contribution < -0.4 is 5.56 Å². The predicted octanol–water partition coefficient (Wildman–Crippen LogP) is 1.57. The van der Waals surface area contributed by atoms with Crippen LogP contribution in [0.2, 0.25) is 0 Å². The Morgan fingerprint density at radius 1 is 1.36 bits per heavy atom. The summed E-state index contributed by atoms with van der Waals surface area (Å²) in [5.41, 5.74) is 1.42. The summed E-state index contributed by atoms with van der Waals surface area (Å²) in [6.45, 7) is 6.29. The SMILES string of the molecule is CC(=O)N1CCc2c(cn(Cc3sc(C)nc3C)c(=O)c2C(=O)O)C1. The molecule has 1 aliphatic heterocycles. The summed E-state index contributed by atoms with van der Waals surface area (Å²) >= 11 is 1.49. The summed E-state index contributed by atoms with van der Waals surface area (Å²) in [5, 5.41) is 10.4. The second kappa shape index (κ2) is 6.44. The molecule has 0 unspecified atom stereocenters. The van der Waals surface area contributed by atoms with E-state index in [1.165, 1.54) is 22.8 Å². The number of carboxylic acids is 1. The standard InChI is InChI=1S/C17H19N3O4S/c1-9-14(25-10(2)18-9)8-20-7-12-6-19(11(3)21)5-4-13(12)15(16(20)22)17(23)24/h7H,4-6,8H2,1-3H3,(H,23,24). The van der Waals surface area contributed by atoms with Crippen molar-refractivity contribution in [3.05, 3.63) is 48.8 Å². The molecular weight excluding hydrogens is 342 g/mol. The van der Waals surface area contributed by atoms with Crippen LogP contribution in [0, 0.1) is 13.8 Å². The molecule has 1 amide bonds. The first-order valence-corrected chi connectivity index (χ1v) is 8.76. The fourth-order valence-corrected chi connectivity index (χ4v) is 4.13. The second-order valence-corrected chi connectivity index (χ2v) is 7.47. The molecule has 0 aliphatic carbocycles. The number of thiazole rings is 1. The maximum absolute atomic E-state index is 12.7. The molecule has 2 aromatic heterocycles. The minimum Gasteiger partial charge on any atom is -0.477 e. The Kier molecular flexibility index (Phi) is 4.47. The van der Waals surface area contributed by atoms with Crippen LogP contribution in [0.5, 0.6) is 0 Å². The van der Waals surface area contributed by atoms with Crippen molar-refractivity contribution in [3.8, 4) is 0 Å². The van der Waals surface area contributed by atoms with Gasteiger partial charge in [0.15, 0.2) is 0 Å². The number of aryl methyl sites for hydroxylation is 2. The zero-order valence-electron chi connectivity index (χ0n) is 14.3. The van der Waals surface area contributed by atoms with Crippen LogP contribution in [0.15, 0.2) is 11.0 Å². The zero-order chi connectivity index (χ0) is 18.3. The first-order chi connectivity index (χ1) is 11.8. The number of aromatic nitrogens is 2. The molecule has 0 bridgehead atoms. The Bertz CT molecular complexity index is 929. The number of pyridine rings is 1. The zero-order valence-corrected chi connectivity index (χ0v) is 15.1. The fourth-order valence-electron chi connectivity index (χ4n) is 3.19. The van der Waals surface area contributed by atoms with Crippen LogP contribution in [-0.2, 0) is 24.3 Å². The summed E-state index contributed by atoms with van der Waals surface area (Å²) in [6, 6.07) is 0. The van der Waals surface area contributed by atoms with Gasteiger partial charge < -0.3 is 14.6 Å². The molecule has 0 fully saturated rings. The highest BCUT2D eigenvalue weighted by Crippen LogP contribution is 2.23. The molecule has 0 saturated carbocycles. The van der Waals surface area contributed by atoms with Gasteiger partial charge in [-0.2, -0.15) is 0 Å². The van der Waals surface area contributed by atoms with Gasteiger partial charge in [-0.1, -0.05) is 0 Å². The molecule has 3 rings (SSSR count). The monoisotopic (exact) mass is 361 g/mol. The van der Waals surface area contributed by atoms with Gasteiger partial charge in [0.25, 0.3) is 5.56 Å². The molecule has 0 atom stereocenters. The largest absolute Gasteiger partial charge is 0.477 e. The summed E-state index contributed by atoms with van der Waals surface area (Å²) in [5.74, 6) is -1.28. The number of carbonyl (C=O) groups excluding carboxylic acids is 1. The maximum atomic E-state index is 12.7. The molecule has 0 aromatic carbocycles. The van der Waals surface area contributed by atoms with Crippen molar-refractivity contribution in [1.82, 2.24) is 14.5 Å². The van der Waals surface area contributed by atoms with Gasteiger partial charge in [0.2, 0.25) is 5.91 Å². The lowest BCUT2D eigenvalue weighted by molar-refractivity contribution is -0.129. The van der Waals surface area contributed by atoms with Gasteiger partial charge in [0.05, 0.1) is 17.2 Å². The maximum Gasteiger partial charge on any atom is 0.341 e. The third-order valence-electron chi connectivity index (χ3n) is 4.44. The smallest absolute Gasteiger partial charge is 0.341 e. The van der Waals surface area contributed by atoms with Crippen molar-refractivity contribution < 1.29 is 14.7 Å². The molecule has 132 valence electrons. The van der Waals surface area contributed by atoms with Crippen molar-refractivity contribution >= 4 is 23.2 Å². The van der Waals surface area contributed by atoms with E-state index in [2.05, 4.69) is 4.98 Å². The van der Waals surface area contributed by atoms with E-state index in [9.17, 15) is 19.5 Å². The Hall–Kier alpha value is -2.48. The molecule has 0 radical (unpaired) electrons. The number of carboxylic acid groups (broad SMARTS) is 1. The lowest BCUT2D eigenvalue weighted by atomic mass is 9.96. The number of hydrogen-bond donors (Lipinski definition) is 1. The summed E-state index contributed by atoms with van der Waals surface area (Å²) in [6.07, 6.45) is 2.07. The molecule has 7 nitrogen and oxygen atoms in total. The van der Waals surface area contributed by atoms with Gasteiger partial charge in [-0.15, -0.1) is 11.3 Å². The Balaban J connectivity index is 2.10. The lowest BCUT2D eigenvalue weighted by Gasteiger charge is -2.29. The number of hydrogen-bond acceptors (Lipinski definition) is 5. The van der Waals surface area contributed by atoms with E-state index in [0.717, 1.165) is 21.1 Å². The topological polar surface area (TPSA) is 92.5 Å². The molecule has 1 aliphatic rings. The number of nitrogens with zero attached hydrogens (tertiary/aromatic N) is 3. The van der Waals surface area contributed by atoms with Gasteiger partial charge in [-0.25, -0.2) is 9.78 Å². The highest BCUT2D eigenvalue weighted by Gasteiger charge is 2.27. The van der Waals surface area contributed by atoms with Gasteiger partial charge in [0.1, 0.15) is 5.56 Å². The van der Waals surface area contributed by atoms with E-state index in [0.29, 0.717) is 25.1 Å². The molecule has 0 spiro atoms. The Morgan fingerprint density at radius 2 is 2.08 bits per heavy atom. The van der Waals surface area contributed by atoms with Gasteiger partial charge >= 0.3 is 5.97 Å². The molecule has 2 aromatic rings. The summed E-state index contributed by atoms with van der Waals surface area (Å²) < 4.78 is 1.42. The van der Waals surface area contributed by atoms with Gasteiger partial charge in [0, 0.05) is 31.1 Å². The van der Waals surface area contributed by atoms with Crippen LogP contribution in [0.25, 0.3) is 0 Å². The van der Waals surface area contributed by atoms with Crippen molar-refractivity contribution in [1.29, 1.82) is 0 Å². The average molecular weight is 361 g/mol. The molecule has 25 heavy (non-hydrogen) atoms. The molecule has 8 heteroatoms. The van der Waals surface area contributed by atoms with Crippen molar-refractivity contribution in [2.75, 3.05) is 6.54 Å². The Labute approximate surface area is 148 Å². The first kappa shape index (κ1) is 17.3. The number of fused-ring (bicyclic) bond motifs is 1. The van der Waals surface area contributed by atoms with Crippen LogP contribution in [0.1, 0.15) is 44.0 Å². The van der Waals surface area contributed by atoms with E-state index in [1.54, 1.807) is 11.1 Å². The predicted molar refractivity (Wildman–Crippen MR) is 93.1 cm³/mol. The number of rotatable bonds is 3. The van der Waals surface area contributed by atoms with Crippen LogP contribution >= 0.6 is 11.3 Å². The first-order valence-electron chi connectivity index (χ1n) is 7.94. The highest BCUT2D eigenvalue weighted by molar-refractivity contribution is 7.11. The van der Waals surface area contributed by atoms with Crippen LogP contribution in [0.4, 0.5) is 0 Å². The third-order valence-corrected chi connectivity index (χ3v) is 5.50. The van der Waals surface area contributed by atoms with Gasteiger partial charge in [-0.05, 0) is 31.4 Å². The normalized spacial score (nSPS) is 13.6. The van der Waals surface area contributed by atoms with E-state index in [-0.39, 0.29) is 18.0 Å². The highest BCUT2D eigenvalue weighted by atomic mass is 32.1. The van der Waals surface area contributed by atoms with E-state index in [4.69, 9.17) is 0 Å².